The van der Waals surface area contributed by atoms with E-state index in [-0.39, 0.29) is 0 Å². The molecule has 0 aromatic heterocycles. The van der Waals surface area contributed by atoms with Crippen molar-refractivity contribution in [2.45, 2.75) is 24.2 Å². The van der Waals surface area contributed by atoms with Gasteiger partial charge in [0.05, 0.1) is 0 Å². The highest BCUT2D eigenvalue weighted by atomic mass is 17.1. The lowest BCUT2D eigenvalue weighted by atomic mass is 9.99. The van der Waals surface area contributed by atoms with Gasteiger partial charge in [0.25, 0.3) is 25.9 Å². The van der Waals surface area contributed by atoms with E-state index in [4.69, 9.17) is 10.2 Å². The summed E-state index contributed by atoms with van der Waals surface area (Å²) in [6.07, 6.45) is -7.41. The highest BCUT2D eigenvalue weighted by Gasteiger charge is 2.71. The lowest BCUT2D eigenvalue weighted by molar-refractivity contribution is -0.928. The van der Waals surface area contributed by atoms with E-state index >= 15 is 0 Å². The lowest BCUT2D eigenvalue weighted by Gasteiger charge is -2.42. The van der Waals surface area contributed by atoms with Crippen LogP contribution in [0.25, 0.3) is 0 Å². The molecule has 0 aliphatic heterocycles. The average Bonchev–Trinajstić information content (AvgIpc) is 2.31. The third kappa shape index (κ3) is 4.32. The van der Waals surface area contributed by atoms with Crippen LogP contribution in [0.1, 0.15) is 0 Å². The lowest BCUT2D eigenvalue weighted by Crippen LogP contribution is -2.73. The van der Waals surface area contributed by atoms with Crippen molar-refractivity contribution in [3.8, 4) is 0 Å². The van der Waals surface area contributed by atoms with Crippen LogP contribution in [0, 0.1) is 40.5 Å². The zero-order valence-electron chi connectivity index (χ0n) is 10.6. The normalized spacial score (nSPS) is 14.9. The van der Waals surface area contributed by atoms with E-state index in [1.807, 2.05) is 0 Å². The second-order valence-electron chi connectivity index (χ2n) is 3.37. The second-order valence-corrected chi connectivity index (χ2v) is 3.37. The van der Waals surface area contributed by atoms with Crippen molar-refractivity contribution in [2.24, 2.45) is 0 Å². The molecule has 0 aromatic rings. The Morgan fingerprint density at radius 3 is 1.38 bits per heavy atom. The van der Waals surface area contributed by atoms with Crippen LogP contribution in [-0.2, 0) is 19.4 Å². The van der Waals surface area contributed by atoms with Gasteiger partial charge in [-0.1, -0.05) is 0 Å². The standard InChI is InChI=1S/C4H6N4O16/c9-1(10)3(22-6(15)16,2(11)21-5(13)14)4(12,23-7(17)18)24-8(19)20/h1-2,9-12H. The van der Waals surface area contributed by atoms with Crippen molar-refractivity contribution >= 4 is 0 Å². The Labute approximate surface area is 126 Å². The van der Waals surface area contributed by atoms with Crippen molar-refractivity contribution in [3.63, 3.8) is 0 Å². The molecule has 138 valence electrons. The Bertz CT molecular complexity index is 502. The van der Waals surface area contributed by atoms with Gasteiger partial charge >= 0.3 is 5.97 Å². The van der Waals surface area contributed by atoms with E-state index in [9.17, 15) is 50.7 Å². The van der Waals surface area contributed by atoms with E-state index in [0.29, 0.717) is 0 Å². The topological polar surface area (TPSA) is 290 Å². The van der Waals surface area contributed by atoms with Gasteiger partial charge in [0, 0.05) is 0 Å². The molecule has 0 spiro atoms. The first-order chi connectivity index (χ1) is 10.8. The molecule has 2 unspecified atom stereocenters. The Hall–Kier alpha value is -3.36. The number of hydrogen-bond acceptors (Lipinski definition) is 16. The van der Waals surface area contributed by atoms with Crippen LogP contribution in [0.2, 0.25) is 0 Å². The predicted octanol–water partition coefficient (Wildman–Crippen LogP) is -4.17. The Morgan fingerprint density at radius 1 is 0.750 bits per heavy atom. The summed E-state index contributed by atoms with van der Waals surface area (Å²) in [6.45, 7) is 0. The molecule has 0 amide bonds. The molecular weight excluding hydrogens is 360 g/mol. The smallest absolute Gasteiger partial charge is 0.366 e. The van der Waals surface area contributed by atoms with E-state index in [0.717, 1.165) is 0 Å². The van der Waals surface area contributed by atoms with Crippen molar-refractivity contribution in [3.05, 3.63) is 40.5 Å². The minimum absolute atomic E-state index is 1.94. The van der Waals surface area contributed by atoms with E-state index in [1.165, 1.54) is 0 Å². The van der Waals surface area contributed by atoms with Crippen molar-refractivity contribution in [1.29, 1.82) is 0 Å². The molecule has 20 heteroatoms. The summed E-state index contributed by atoms with van der Waals surface area (Å²) in [5, 5.41) is 69.9. The highest BCUT2D eigenvalue weighted by Crippen LogP contribution is 2.36. The molecule has 0 aliphatic carbocycles. The molecule has 2 atom stereocenters. The second kappa shape index (κ2) is 7.27. The van der Waals surface area contributed by atoms with E-state index in [1.54, 1.807) is 0 Å². The SMILES string of the molecule is O=[N+]([O-])OC(O)C(O[N+](=O)[O-])(C(O)O)C(O)(O[N+](=O)[O-])O[N+](=O)[O-]. The third-order valence-electron chi connectivity index (χ3n) is 2.05. The first-order valence-electron chi connectivity index (χ1n) is 4.86. The summed E-state index contributed by atoms with van der Waals surface area (Å²) in [5.74, 6) is -4.82. The zero-order chi connectivity index (χ0) is 19.3. The maximum atomic E-state index is 10.4. The maximum Gasteiger partial charge on any atom is 0.403 e. The molecule has 0 saturated heterocycles. The van der Waals surface area contributed by atoms with Gasteiger partial charge in [-0.25, -0.2) is 9.68 Å². The van der Waals surface area contributed by atoms with Gasteiger partial charge in [0.2, 0.25) is 6.29 Å². The molecule has 0 fully saturated rings. The van der Waals surface area contributed by atoms with E-state index in [2.05, 4.69) is 19.4 Å². The number of nitrogens with zero attached hydrogens (tertiary/aromatic N) is 4. The van der Waals surface area contributed by atoms with Crippen molar-refractivity contribution < 1.29 is 60.1 Å². The van der Waals surface area contributed by atoms with Crippen LogP contribution >= 0.6 is 0 Å². The van der Waals surface area contributed by atoms with Gasteiger partial charge in [0.15, 0.2) is 6.29 Å². The monoisotopic (exact) mass is 366 g/mol. The molecule has 0 heterocycles. The maximum absolute atomic E-state index is 10.4. The van der Waals surface area contributed by atoms with Crippen LogP contribution in [-0.4, -0.2) is 64.9 Å². The third-order valence-corrected chi connectivity index (χ3v) is 2.05. The summed E-state index contributed by atoms with van der Waals surface area (Å²) < 4.78 is 0. The van der Waals surface area contributed by atoms with Gasteiger partial charge in [-0.2, -0.15) is 0 Å². The van der Waals surface area contributed by atoms with Gasteiger partial charge in [-0.15, -0.1) is 40.5 Å². The highest BCUT2D eigenvalue weighted by molar-refractivity contribution is 4.93. The summed E-state index contributed by atoms with van der Waals surface area (Å²) in [4.78, 5) is 54.0. The van der Waals surface area contributed by atoms with Crippen molar-refractivity contribution in [1.82, 2.24) is 0 Å². The summed E-state index contributed by atoms with van der Waals surface area (Å²) in [6, 6.07) is 0. The number of aliphatic hydroxyl groups is 4. The molecular formula is C4H6N4O16. The summed E-state index contributed by atoms with van der Waals surface area (Å²) in [7, 11) is 0. The molecule has 0 rings (SSSR count). The fraction of sp³-hybridized carbons (Fsp3) is 1.00. The molecule has 0 saturated carbocycles. The predicted molar refractivity (Wildman–Crippen MR) is 54.2 cm³/mol. The van der Waals surface area contributed by atoms with Crippen LogP contribution in [0.15, 0.2) is 0 Å². The minimum atomic E-state index is -4.82. The van der Waals surface area contributed by atoms with Gasteiger partial charge in [0.1, 0.15) is 0 Å². The molecule has 0 radical (unpaired) electrons. The number of hydrogen-bond donors (Lipinski definition) is 4. The van der Waals surface area contributed by atoms with Gasteiger partial charge in [-0.3, -0.25) is 9.68 Å². The molecule has 0 aromatic carbocycles. The molecule has 4 N–H and O–H groups in total. The number of aliphatic hydroxyl groups excluding tert-OH is 2. The van der Waals surface area contributed by atoms with Crippen molar-refractivity contribution in [2.75, 3.05) is 0 Å². The first-order valence-corrected chi connectivity index (χ1v) is 4.86. The minimum Gasteiger partial charge on any atom is -0.366 e. The number of rotatable bonds is 11. The zero-order valence-corrected chi connectivity index (χ0v) is 10.6. The van der Waals surface area contributed by atoms with Crippen LogP contribution in [0.5, 0.6) is 0 Å². The Kier molecular flexibility index (Phi) is 6.25. The Balaban J connectivity index is 6.43. The van der Waals surface area contributed by atoms with Gasteiger partial charge < -0.3 is 20.4 Å². The fourth-order valence-corrected chi connectivity index (χ4v) is 1.24. The summed E-state index contributed by atoms with van der Waals surface area (Å²) >= 11 is 0. The Morgan fingerprint density at radius 2 is 1.12 bits per heavy atom. The average molecular weight is 366 g/mol. The van der Waals surface area contributed by atoms with Crippen LogP contribution < -0.4 is 0 Å². The molecule has 0 aliphatic rings. The van der Waals surface area contributed by atoms with Gasteiger partial charge in [-0.05, 0) is 0 Å². The molecule has 0 bridgehead atoms. The fourth-order valence-electron chi connectivity index (χ4n) is 1.24. The first kappa shape index (κ1) is 20.6. The summed E-state index contributed by atoms with van der Waals surface area (Å²) in [5.41, 5.74) is -4.54. The molecule has 20 nitrogen and oxygen atoms in total. The molecule has 24 heavy (non-hydrogen) atoms. The van der Waals surface area contributed by atoms with Crippen LogP contribution in [0.4, 0.5) is 0 Å². The largest absolute Gasteiger partial charge is 0.403 e. The van der Waals surface area contributed by atoms with E-state index < -0.39 is 44.5 Å². The van der Waals surface area contributed by atoms with Crippen LogP contribution in [0.3, 0.4) is 0 Å². The quantitative estimate of drug-likeness (QED) is 0.153.